The van der Waals surface area contributed by atoms with Crippen molar-refractivity contribution in [3.63, 3.8) is 0 Å². The van der Waals surface area contributed by atoms with Crippen LogP contribution in [-0.2, 0) is 14.3 Å². The van der Waals surface area contributed by atoms with Crippen LogP contribution < -0.4 is 0 Å². The van der Waals surface area contributed by atoms with Crippen molar-refractivity contribution < 1.29 is 29.0 Å². The highest BCUT2D eigenvalue weighted by molar-refractivity contribution is 5.95. The first-order valence-electron chi connectivity index (χ1n) is 8.82. The molecule has 0 aliphatic carbocycles. The van der Waals surface area contributed by atoms with Gasteiger partial charge in [-0.15, -0.1) is 0 Å². The number of aliphatic hydroxyl groups is 1. The van der Waals surface area contributed by atoms with Gasteiger partial charge in [-0.25, -0.2) is 14.5 Å². The number of hydrogen-bond donors (Lipinski definition) is 1. The van der Waals surface area contributed by atoms with Crippen molar-refractivity contribution in [3.8, 4) is 0 Å². The van der Waals surface area contributed by atoms with Crippen LogP contribution in [0.3, 0.4) is 0 Å². The van der Waals surface area contributed by atoms with Gasteiger partial charge < -0.3 is 19.5 Å². The molecule has 1 aliphatic heterocycles. The average molecular weight is 372 g/mol. The molecule has 0 aromatic rings. The average Bonchev–Trinajstić information content (AvgIpc) is 2.83. The summed E-state index contributed by atoms with van der Waals surface area (Å²) in [6, 6.07) is -0.655. The molecule has 0 radical (unpaired) electrons. The fourth-order valence-electron chi connectivity index (χ4n) is 2.58. The summed E-state index contributed by atoms with van der Waals surface area (Å²) in [5, 5.41) is 10.6. The van der Waals surface area contributed by atoms with Gasteiger partial charge in [0, 0.05) is 13.6 Å². The highest BCUT2D eigenvalue weighted by atomic mass is 16.6. The van der Waals surface area contributed by atoms with Gasteiger partial charge in [0.15, 0.2) is 0 Å². The molecule has 1 aliphatic rings. The van der Waals surface area contributed by atoms with Crippen molar-refractivity contribution in [3.05, 3.63) is 0 Å². The van der Waals surface area contributed by atoms with Crippen LogP contribution in [-0.4, -0.2) is 69.9 Å². The largest absolute Gasteiger partial charge is 0.444 e. The topological polar surface area (TPSA) is 96.4 Å². The van der Waals surface area contributed by atoms with Gasteiger partial charge in [0.2, 0.25) is 5.91 Å². The molecule has 1 rings (SSSR count). The molecule has 3 amide bonds. The maximum atomic E-state index is 12.5. The number of rotatable bonds is 3. The quantitative estimate of drug-likeness (QED) is 0.817. The minimum atomic E-state index is -1.12. The molecule has 0 aromatic carbocycles. The molecule has 1 fully saturated rings. The number of imide groups is 1. The van der Waals surface area contributed by atoms with E-state index in [-0.39, 0.29) is 6.54 Å². The van der Waals surface area contributed by atoms with Crippen LogP contribution >= 0.6 is 0 Å². The minimum absolute atomic E-state index is 0.179. The lowest BCUT2D eigenvalue weighted by atomic mass is 9.95. The molecular formula is C18H32N2O6. The molecule has 8 nitrogen and oxygen atoms in total. The lowest BCUT2D eigenvalue weighted by Gasteiger charge is -2.33. The van der Waals surface area contributed by atoms with Crippen LogP contribution in [0.25, 0.3) is 0 Å². The molecule has 0 saturated carbocycles. The highest BCUT2D eigenvalue weighted by Gasteiger charge is 2.44. The zero-order valence-electron chi connectivity index (χ0n) is 17.0. The maximum absolute atomic E-state index is 12.5. The Balaban J connectivity index is 2.75. The van der Waals surface area contributed by atoms with E-state index in [4.69, 9.17) is 9.47 Å². The third-order valence-corrected chi connectivity index (χ3v) is 4.06. The summed E-state index contributed by atoms with van der Waals surface area (Å²) in [5.41, 5.74) is -1.37. The zero-order chi connectivity index (χ0) is 20.4. The fraction of sp³-hybridized carbons (Fsp3) is 0.833. The molecule has 2 unspecified atom stereocenters. The van der Waals surface area contributed by atoms with E-state index >= 15 is 0 Å². The second kappa shape index (κ2) is 7.82. The molecule has 8 heteroatoms. The summed E-state index contributed by atoms with van der Waals surface area (Å²) >= 11 is 0. The van der Waals surface area contributed by atoms with E-state index in [0.717, 1.165) is 4.90 Å². The maximum Gasteiger partial charge on any atom is 0.417 e. The smallest absolute Gasteiger partial charge is 0.417 e. The van der Waals surface area contributed by atoms with E-state index < -0.39 is 47.4 Å². The highest BCUT2D eigenvalue weighted by Crippen LogP contribution is 2.27. The van der Waals surface area contributed by atoms with Gasteiger partial charge in [0.25, 0.3) is 0 Å². The number of carbonyl (C=O) groups excluding carboxylic acids is 3. The molecule has 1 saturated heterocycles. The van der Waals surface area contributed by atoms with E-state index in [0.29, 0.717) is 6.42 Å². The molecule has 1 N–H and O–H groups in total. The third-order valence-electron chi connectivity index (χ3n) is 4.06. The van der Waals surface area contributed by atoms with Crippen molar-refractivity contribution in [2.24, 2.45) is 5.92 Å². The molecule has 26 heavy (non-hydrogen) atoms. The van der Waals surface area contributed by atoms with Crippen LogP contribution in [0.1, 0.15) is 54.9 Å². The van der Waals surface area contributed by atoms with E-state index in [1.165, 1.54) is 11.9 Å². The van der Waals surface area contributed by atoms with Crippen LogP contribution in [0.2, 0.25) is 0 Å². The molecule has 3 atom stereocenters. The van der Waals surface area contributed by atoms with Gasteiger partial charge in [-0.1, -0.05) is 0 Å². The Kier molecular flexibility index (Phi) is 6.68. The summed E-state index contributed by atoms with van der Waals surface area (Å²) in [5.74, 6) is -1.27. The van der Waals surface area contributed by atoms with Gasteiger partial charge in [-0.05, 0) is 54.9 Å². The van der Waals surface area contributed by atoms with E-state index in [2.05, 4.69) is 0 Å². The standard InChI is InChI=1S/C18H32N2O6/c1-11(19(8)15(23)25-17(2,3)4)13(21)12-9-10-20(14(12)22)16(24)26-18(5,6)7/h11-13,21H,9-10H2,1-8H3/t11-,12?,13?/m0/s1. The Morgan fingerprint density at radius 3 is 2.12 bits per heavy atom. The van der Waals surface area contributed by atoms with Crippen molar-refractivity contribution in [1.82, 2.24) is 9.80 Å². The van der Waals surface area contributed by atoms with Crippen molar-refractivity contribution in [1.29, 1.82) is 0 Å². The molecule has 150 valence electrons. The predicted molar refractivity (Wildman–Crippen MR) is 95.5 cm³/mol. The van der Waals surface area contributed by atoms with Gasteiger partial charge in [0.1, 0.15) is 11.2 Å². The second-order valence-electron chi connectivity index (χ2n) is 8.69. The van der Waals surface area contributed by atoms with Crippen molar-refractivity contribution in [2.45, 2.75) is 78.2 Å². The summed E-state index contributed by atoms with van der Waals surface area (Å²) in [7, 11) is 1.51. The van der Waals surface area contributed by atoms with Crippen molar-refractivity contribution in [2.75, 3.05) is 13.6 Å². The van der Waals surface area contributed by atoms with E-state index in [1.54, 1.807) is 48.5 Å². The first-order valence-corrected chi connectivity index (χ1v) is 8.82. The van der Waals surface area contributed by atoms with Gasteiger partial charge in [0.05, 0.1) is 18.1 Å². The molecular weight excluding hydrogens is 340 g/mol. The van der Waals surface area contributed by atoms with Crippen molar-refractivity contribution >= 4 is 18.1 Å². The van der Waals surface area contributed by atoms with Crippen LogP contribution in [0, 0.1) is 5.92 Å². The normalized spacial score (nSPS) is 20.6. The number of likely N-dealkylation sites (tertiary alicyclic amines) is 1. The monoisotopic (exact) mass is 372 g/mol. The van der Waals surface area contributed by atoms with E-state index in [1.807, 2.05) is 0 Å². The van der Waals surface area contributed by atoms with E-state index in [9.17, 15) is 19.5 Å². The van der Waals surface area contributed by atoms with Gasteiger partial charge in [-0.2, -0.15) is 0 Å². The number of likely N-dealkylation sites (N-methyl/N-ethyl adjacent to an activating group) is 1. The zero-order valence-corrected chi connectivity index (χ0v) is 17.0. The number of carbonyl (C=O) groups is 3. The second-order valence-corrected chi connectivity index (χ2v) is 8.69. The molecule has 1 heterocycles. The summed E-state index contributed by atoms with van der Waals surface area (Å²) < 4.78 is 10.5. The lowest BCUT2D eigenvalue weighted by Crippen LogP contribution is -2.49. The summed E-state index contributed by atoms with van der Waals surface area (Å²) in [6.45, 7) is 12.2. The lowest BCUT2D eigenvalue weighted by molar-refractivity contribution is -0.134. The van der Waals surface area contributed by atoms with Gasteiger partial charge >= 0.3 is 12.2 Å². The number of aliphatic hydroxyl groups excluding tert-OH is 1. The SMILES string of the molecule is C[C@@H](C(O)C1CCN(C(=O)OC(C)(C)C)C1=O)N(C)C(=O)OC(C)(C)C. The first-order chi connectivity index (χ1) is 11.6. The molecule has 0 bridgehead atoms. The third kappa shape index (κ3) is 5.86. The Labute approximate surface area is 155 Å². The number of nitrogens with zero attached hydrogens (tertiary/aromatic N) is 2. The van der Waals surface area contributed by atoms with Crippen LogP contribution in [0.5, 0.6) is 0 Å². The number of ether oxygens (including phenoxy) is 2. The number of hydrogen-bond acceptors (Lipinski definition) is 6. The van der Waals surface area contributed by atoms with Gasteiger partial charge in [-0.3, -0.25) is 4.79 Å². The van der Waals surface area contributed by atoms with Crippen LogP contribution in [0.15, 0.2) is 0 Å². The molecule has 0 aromatic heterocycles. The minimum Gasteiger partial charge on any atom is -0.444 e. The number of amides is 3. The fourth-order valence-corrected chi connectivity index (χ4v) is 2.58. The Morgan fingerprint density at radius 1 is 1.15 bits per heavy atom. The van der Waals surface area contributed by atoms with Crippen LogP contribution in [0.4, 0.5) is 9.59 Å². The summed E-state index contributed by atoms with van der Waals surface area (Å²) in [6.07, 6.45) is -2.11. The Hall–Kier alpha value is -1.83. The molecule has 0 spiro atoms. The predicted octanol–water partition coefficient (Wildman–Crippen LogP) is 2.39. The Bertz CT molecular complexity index is 549. The Morgan fingerprint density at radius 2 is 1.65 bits per heavy atom. The first kappa shape index (κ1) is 22.2. The summed E-state index contributed by atoms with van der Waals surface area (Å²) in [4.78, 5) is 39.1.